The molecule has 1 amide bonds. The summed E-state index contributed by atoms with van der Waals surface area (Å²) in [7, 11) is 0. The van der Waals surface area contributed by atoms with Gasteiger partial charge in [-0.05, 0) is 19.9 Å². The Morgan fingerprint density at radius 3 is 3.13 bits per heavy atom. The minimum atomic E-state index is -0.0232. The fourth-order valence-electron chi connectivity index (χ4n) is 1.69. The Hall–Kier alpha value is -1.36. The Morgan fingerprint density at radius 2 is 2.40 bits per heavy atom. The van der Waals surface area contributed by atoms with E-state index in [0.29, 0.717) is 5.69 Å². The summed E-state index contributed by atoms with van der Waals surface area (Å²) >= 11 is 0. The fourth-order valence-corrected chi connectivity index (χ4v) is 1.69. The average Bonchev–Trinajstić information content (AvgIpc) is 2.53. The molecule has 0 bridgehead atoms. The molecule has 2 rings (SSSR count). The monoisotopic (exact) mass is 209 g/mol. The van der Waals surface area contributed by atoms with Gasteiger partial charge in [0.15, 0.2) is 5.69 Å². The summed E-state index contributed by atoms with van der Waals surface area (Å²) in [5.41, 5.74) is 1.24. The van der Waals surface area contributed by atoms with Crippen LogP contribution in [0.4, 0.5) is 0 Å². The molecule has 1 fully saturated rings. The van der Waals surface area contributed by atoms with Crippen LogP contribution in [0, 0.1) is 6.92 Å². The number of aryl methyl sites for hydroxylation is 1. The lowest BCUT2D eigenvalue weighted by molar-refractivity contribution is 0.0755. The van der Waals surface area contributed by atoms with Crippen LogP contribution in [0.25, 0.3) is 0 Å². The smallest absolute Gasteiger partial charge is 0.276 e. The molecule has 1 aliphatic rings. The Bertz CT molecular complexity index is 340. The summed E-state index contributed by atoms with van der Waals surface area (Å²) in [5, 5.41) is 6.99. The molecule has 15 heavy (non-hydrogen) atoms. The van der Waals surface area contributed by atoms with Crippen LogP contribution >= 0.6 is 0 Å². The van der Waals surface area contributed by atoms with Crippen LogP contribution in [0.5, 0.6) is 0 Å². The Kier molecular flexibility index (Phi) is 3.01. The first-order chi connectivity index (χ1) is 7.29. The zero-order valence-corrected chi connectivity index (χ0v) is 8.82. The highest BCUT2D eigenvalue weighted by molar-refractivity contribution is 5.93. The van der Waals surface area contributed by atoms with Crippen LogP contribution in [0.15, 0.2) is 10.8 Å². The molecule has 1 aliphatic heterocycles. The maximum atomic E-state index is 12.0. The minimum absolute atomic E-state index is 0.0232. The molecule has 0 unspecified atom stereocenters. The van der Waals surface area contributed by atoms with E-state index in [0.717, 1.165) is 38.2 Å². The van der Waals surface area contributed by atoms with Gasteiger partial charge in [0, 0.05) is 25.2 Å². The van der Waals surface area contributed by atoms with E-state index in [4.69, 9.17) is 4.52 Å². The maximum absolute atomic E-state index is 12.0. The molecule has 2 heterocycles. The summed E-state index contributed by atoms with van der Waals surface area (Å²) in [6.07, 6.45) is 2.49. The van der Waals surface area contributed by atoms with E-state index < -0.39 is 0 Å². The minimum Gasteiger partial charge on any atom is -0.364 e. The number of rotatable bonds is 1. The lowest BCUT2D eigenvalue weighted by Crippen LogP contribution is -2.34. The second kappa shape index (κ2) is 4.44. The van der Waals surface area contributed by atoms with E-state index in [1.807, 2.05) is 11.8 Å². The third-order valence-electron chi connectivity index (χ3n) is 2.58. The number of hydrogen-bond acceptors (Lipinski definition) is 4. The van der Waals surface area contributed by atoms with Gasteiger partial charge in [-0.2, -0.15) is 0 Å². The summed E-state index contributed by atoms with van der Waals surface area (Å²) in [6, 6.07) is 0. The molecule has 82 valence electrons. The van der Waals surface area contributed by atoms with E-state index >= 15 is 0 Å². The molecule has 0 aliphatic carbocycles. The van der Waals surface area contributed by atoms with Crippen molar-refractivity contribution < 1.29 is 9.32 Å². The van der Waals surface area contributed by atoms with Gasteiger partial charge in [0.2, 0.25) is 0 Å². The van der Waals surface area contributed by atoms with Crippen molar-refractivity contribution in [2.75, 3.05) is 26.2 Å². The molecule has 5 nitrogen and oxygen atoms in total. The van der Waals surface area contributed by atoms with Crippen LogP contribution in [0.2, 0.25) is 0 Å². The first-order valence-corrected chi connectivity index (χ1v) is 5.20. The van der Waals surface area contributed by atoms with E-state index in [1.165, 1.54) is 6.26 Å². The van der Waals surface area contributed by atoms with Gasteiger partial charge in [0.1, 0.15) is 6.26 Å². The molecule has 0 saturated carbocycles. The van der Waals surface area contributed by atoms with Crippen LogP contribution in [-0.4, -0.2) is 42.1 Å². The van der Waals surface area contributed by atoms with Gasteiger partial charge in [-0.1, -0.05) is 5.16 Å². The summed E-state index contributed by atoms with van der Waals surface area (Å²) in [6.45, 7) is 5.19. The van der Waals surface area contributed by atoms with Crippen molar-refractivity contribution in [3.63, 3.8) is 0 Å². The first kappa shape index (κ1) is 10.2. The molecule has 5 heteroatoms. The third kappa shape index (κ3) is 2.18. The molecular formula is C10H15N3O2. The van der Waals surface area contributed by atoms with Gasteiger partial charge in [0.05, 0.1) is 0 Å². The van der Waals surface area contributed by atoms with Gasteiger partial charge in [-0.25, -0.2) is 0 Å². The zero-order chi connectivity index (χ0) is 10.7. The summed E-state index contributed by atoms with van der Waals surface area (Å²) in [5.74, 6) is -0.0232. The largest absolute Gasteiger partial charge is 0.364 e. The van der Waals surface area contributed by atoms with Gasteiger partial charge < -0.3 is 14.7 Å². The van der Waals surface area contributed by atoms with Crippen molar-refractivity contribution in [2.45, 2.75) is 13.3 Å². The van der Waals surface area contributed by atoms with Crippen molar-refractivity contribution in [1.29, 1.82) is 0 Å². The molecule has 1 aromatic rings. The van der Waals surface area contributed by atoms with E-state index in [2.05, 4.69) is 10.5 Å². The lowest BCUT2D eigenvalue weighted by atomic mass is 10.2. The highest BCUT2D eigenvalue weighted by Crippen LogP contribution is 2.09. The van der Waals surface area contributed by atoms with Crippen molar-refractivity contribution in [3.8, 4) is 0 Å². The number of nitrogens with zero attached hydrogens (tertiary/aromatic N) is 2. The molecular weight excluding hydrogens is 194 g/mol. The standard InChI is InChI=1S/C10H15N3O2/c1-8-7-15-12-9(8)10(14)13-5-2-3-11-4-6-13/h7,11H,2-6H2,1H3. The Labute approximate surface area is 88.4 Å². The van der Waals surface area contributed by atoms with E-state index in [-0.39, 0.29) is 5.91 Å². The quantitative estimate of drug-likeness (QED) is 0.728. The number of hydrogen-bond donors (Lipinski definition) is 1. The van der Waals surface area contributed by atoms with Gasteiger partial charge in [0.25, 0.3) is 5.91 Å². The molecule has 1 N–H and O–H groups in total. The number of amides is 1. The van der Waals surface area contributed by atoms with Crippen molar-refractivity contribution >= 4 is 5.91 Å². The summed E-state index contributed by atoms with van der Waals surface area (Å²) in [4.78, 5) is 13.8. The van der Waals surface area contributed by atoms with Crippen LogP contribution < -0.4 is 5.32 Å². The Morgan fingerprint density at radius 1 is 1.53 bits per heavy atom. The number of carbonyl (C=O) groups is 1. The van der Waals surface area contributed by atoms with Crippen molar-refractivity contribution in [3.05, 3.63) is 17.5 Å². The topological polar surface area (TPSA) is 58.4 Å². The predicted molar refractivity (Wildman–Crippen MR) is 54.6 cm³/mol. The van der Waals surface area contributed by atoms with E-state index in [9.17, 15) is 4.79 Å². The van der Waals surface area contributed by atoms with Gasteiger partial charge >= 0.3 is 0 Å². The average molecular weight is 209 g/mol. The van der Waals surface area contributed by atoms with Crippen molar-refractivity contribution in [2.24, 2.45) is 0 Å². The third-order valence-corrected chi connectivity index (χ3v) is 2.58. The highest BCUT2D eigenvalue weighted by atomic mass is 16.5. The van der Waals surface area contributed by atoms with Crippen LogP contribution in [0.3, 0.4) is 0 Å². The molecule has 0 atom stereocenters. The SMILES string of the molecule is Cc1conc1C(=O)N1CCCNCC1. The molecule has 1 saturated heterocycles. The molecule has 0 spiro atoms. The van der Waals surface area contributed by atoms with Gasteiger partial charge in [-0.15, -0.1) is 0 Å². The maximum Gasteiger partial charge on any atom is 0.276 e. The van der Waals surface area contributed by atoms with Crippen molar-refractivity contribution in [1.82, 2.24) is 15.4 Å². The first-order valence-electron chi connectivity index (χ1n) is 5.20. The number of aromatic nitrogens is 1. The molecule has 0 radical (unpaired) electrons. The predicted octanol–water partition coefficient (Wildman–Crippen LogP) is 0.419. The normalized spacial score (nSPS) is 17.5. The number of nitrogens with one attached hydrogen (secondary N) is 1. The Balaban J connectivity index is 2.09. The lowest BCUT2D eigenvalue weighted by Gasteiger charge is -2.18. The summed E-state index contributed by atoms with van der Waals surface area (Å²) < 4.78 is 4.78. The zero-order valence-electron chi connectivity index (χ0n) is 8.82. The second-order valence-electron chi connectivity index (χ2n) is 3.74. The van der Waals surface area contributed by atoms with Gasteiger partial charge in [-0.3, -0.25) is 4.79 Å². The molecule has 0 aromatic carbocycles. The van der Waals surface area contributed by atoms with Crippen LogP contribution in [-0.2, 0) is 0 Å². The van der Waals surface area contributed by atoms with E-state index in [1.54, 1.807) is 0 Å². The molecule has 1 aromatic heterocycles. The van der Waals surface area contributed by atoms with Crippen LogP contribution in [0.1, 0.15) is 22.5 Å². The number of carbonyl (C=O) groups excluding carboxylic acids is 1. The highest BCUT2D eigenvalue weighted by Gasteiger charge is 2.21. The second-order valence-corrected chi connectivity index (χ2v) is 3.74. The fraction of sp³-hybridized carbons (Fsp3) is 0.600.